The smallest absolute Gasteiger partial charge is 0.152 e. The van der Waals surface area contributed by atoms with E-state index in [4.69, 9.17) is 11.6 Å². The Hall–Kier alpha value is -0.810. The Labute approximate surface area is 111 Å². The van der Waals surface area contributed by atoms with Crippen molar-refractivity contribution in [3.63, 3.8) is 0 Å². The highest BCUT2D eigenvalue weighted by molar-refractivity contribution is 7.91. The lowest BCUT2D eigenvalue weighted by atomic mass is 10.1. The van der Waals surface area contributed by atoms with Crippen molar-refractivity contribution in [3.05, 3.63) is 29.6 Å². The predicted molar refractivity (Wildman–Crippen MR) is 71.4 cm³/mol. The van der Waals surface area contributed by atoms with Gasteiger partial charge in [-0.05, 0) is 18.6 Å². The Balaban J connectivity index is 2.29. The van der Waals surface area contributed by atoms with E-state index in [0.29, 0.717) is 17.7 Å². The van der Waals surface area contributed by atoms with Crippen LogP contribution in [0.25, 0.3) is 0 Å². The van der Waals surface area contributed by atoms with E-state index in [0.717, 1.165) is 0 Å². The van der Waals surface area contributed by atoms with Crippen LogP contribution in [0.15, 0.2) is 18.2 Å². The van der Waals surface area contributed by atoms with Crippen LogP contribution >= 0.6 is 11.6 Å². The molecule has 1 unspecified atom stereocenters. The van der Waals surface area contributed by atoms with Gasteiger partial charge in [0.15, 0.2) is 9.84 Å². The van der Waals surface area contributed by atoms with Gasteiger partial charge in [0.1, 0.15) is 5.82 Å². The summed E-state index contributed by atoms with van der Waals surface area (Å²) in [5.41, 5.74) is 1.10. The molecule has 100 valence electrons. The van der Waals surface area contributed by atoms with Crippen LogP contribution in [0.1, 0.15) is 12.0 Å². The van der Waals surface area contributed by atoms with Gasteiger partial charge in [0.05, 0.1) is 17.4 Å². The zero-order valence-corrected chi connectivity index (χ0v) is 11.6. The standard InChI is InChI=1S/C12H15ClFNO2S/c1-15(9-5-6-18(16,17)8-9)12-4-2-3-11(14)10(12)7-13/h2-4,9H,5-8H2,1H3. The van der Waals surface area contributed by atoms with Gasteiger partial charge >= 0.3 is 0 Å². The molecule has 6 heteroatoms. The highest BCUT2D eigenvalue weighted by Crippen LogP contribution is 2.28. The van der Waals surface area contributed by atoms with Gasteiger partial charge in [0.25, 0.3) is 0 Å². The van der Waals surface area contributed by atoms with Gasteiger partial charge in [-0.3, -0.25) is 0 Å². The molecular weight excluding hydrogens is 277 g/mol. The van der Waals surface area contributed by atoms with Crippen molar-refractivity contribution in [1.29, 1.82) is 0 Å². The zero-order chi connectivity index (χ0) is 13.3. The number of halogens is 2. The molecule has 0 bridgehead atoms. The normalized spacial score (nSPS) is 22.1. The molecule has 0 aliphatic carbocycles. The van der Waals surface area contributed by atoms with E-state index >= 15 is 0 Å². The third kappa shape index (κ3) is 2.62. The molecule has 1 aromatic rings. The van der Waals surface area contributed by atoms with Gasteiger partial charge < -0.3 is 4.90 Å². The minimum Gasteiger partial charge on any atom is -0.370 e. The highest BCUT2D eigenvalue weighted by Gasteiger charge is 2.31. The molecule has 18 heavy (non-hydrogen) atoms. The molecule has 1 atom stereocenters. The quantitative estimate of drug-likeness (QED) is 0.801. The van der Waals surface area contributed by atoms with E-state index in [1.165, 1.54) is 6.07 Å². The summed E-state index contributed by atoms with van der Waals surface area (Å²) in [5, 5.41) is 0. The van der Waals surface area contributed by atoms with E-state index in [9.17, 15) is 12.8 Å². The predicted octanol–water partition coefficient (Wildman–Crippen LogP) is 2.19. The fourth-order valence-corrected chi connectivity index (χ4v) is 4.33. The maximum Gasteiger partial charge on any atom is 0.152 e. The van der Waals surface area contributed by atoms with Crippen LogP contribution in [-0.2, 0) is 15.7 Å². The van der Waals surface area contributed by atoms with E-state index in [1.807, 2.05) is 4.90 Å². The molecule has 1 fully saturated rings. The second kappa shape index (κ2) is 5.05. The first kappa shape index (κ1) is 13.6. The Bertz CT molecular complexity index is 547. The molecule has 1 aliphatic heterocycles. The summed E-state index contributed by atoms with van der Waals surface area (Å²) < 4.78 is 36.6. The lowest BCUT2D eigenvalue weighted by molar-refractivity contribution is 0.600. The molecule has 3 nitrogen and oxygen atoms in total. The number of benzene rings is 1. The highest BCUT2D eigenvalue weighted by atomic mass is 35.5. The number of rotatable bonds is 3. The summed E-state index contributed by atoms with van der Waals surface area (Å²) in [4.78, 5) is 1.82. The number of anilines is 1. The Kier molecular flexibility index (Phi) is 3.82. The van der Waals surface area contributed by atoms with Crippen LogP contribution in [-0.4, -0.2) is 33.0 Å². The first-order valence-electron chi connectivity index (χ1n) is 5.71. The van der Waals surface area contributed by atoms with Crippen molar-refractivity contribution in [2.24, 2.45) is 0 Å². The monoisotopic (exact) mass is 291 g/mol. The first-order valence-corrected chi connectivity index (χ1v) is 8.07. The summed E-state index contributed by atoms with van der Waals surface area (Å²) in [6, 6.07) is 4.64. The van der Waals surface area contributed by atoms with Crippen molar-refractivity contribution >= 4 is 27.1 Å². The lowest BCUT2D eigenvalue weighted by Gasteiger charge is -2.27. The van der Waals surface area contributed by atoms with E-state index < -0.39 is 9.84 Å². The van der Waals surface area contributed by atoms with Crippen LogP contribution in [0.2, 0.25) is 0 Å². The van der Waals surface area contributed by atoms with Crippen molar-refractivity contribution < 1.29 is 12.8 Å². The maximum absolute atomic E-state index is 13.6. The minimum absolute atomic E-state index is 0.0752. The Morgan fingerprint density at radius 3 is 2.78 bits per heavy atom. The van der Waals surface area contributed by atoms with Crippen molar-refractivity contribution in [2.45, 2.75) is 18.3 Å². The molecule has 1 aliphatic rings. The van der Waals surface area contributed by atoms with E-state index in [-0.39, 0.29) is 29.2 Å². The number of nitrogens with zero attached hydrogens (tertiary/aromatic N) is 1. The average molecular weight is 292 g/mol. The van der Waals surface area contributed by atoms with Crippen molar-refractivity contribution in [2.75, 3.05) is 23.5 Å². The molecule has 0 radical (unpaired) electrons. The third-order valence-electron chi connectivity index (χ3n) is 3.36. The fraction of sp³-hybridized carbons (Fsp3) is 0.500. The minimum atomic E-state index is -2.95. The summed E-state index contributed by atoms with van der Waals surface area (Å²) in [6.07, 6.45) is 0.580. The van der Waals surface area contributed by atoms with Crippen molar-refractivity contribution in [3.8, 4) is 0 Å². The number of sulfone groups is 1. The maximum atomic E-state index is 13.6. The summed E-state index contributed by atoms with van der Waals surface area (Å²) in [5.74, 6) is 0.0522. The molecule has 1 aromatic carbocycles. The second-order valence-corrected chi connectivity index (χ2v) is 7.03. The van der Waals surface area contributed by atoms with Gasteiger partial charge in [-0.25, -0.2) is 12.8 Å². The third-order valence-corrected chi connectivity index (χ3v) is 5.38. The molecule has 1 saturated heterocycles. The number of alkyl halides is 1. The van der Waals surface area contributed by atoms with E-state index in [2.05, 4.69) is 0 Å². The number of hydrogen-bond acceptors (Lipinski definition) is 3. The van der Waals surface area contributed by atoms with Crippen molar-refractivity contribution in [1.82, 2.24) is 0 Å². The van der Waals surface area contributed by atoms with Crippen LogP contribution in [0.5, 0.6) is 0 Å². The summed E-state index contributed by atoms with van der Waals surface area (Å²) in [6.45, 7) is 0. The molecule has 0 amide bonds. The first-order chi connectivity index (χ1) is 8.44. The molecule has 0 N–H and O–H groups in total. The fourth-order valence-electron chi connectivity index (χ4n) is 2.29. The van der Waals surface area contributed by atoms with Crippen LogP contribution in [0, 0.1) is 5.82 Å². The van der Waals surface area contributed by atoms with E-state index in [1.54, 1.807) is 19.2 Å². The second-order valence-electron chi connectivity index (χ2n) is 4.54. The molecule has 1 heterocycles. The molecule has 2 rings (SSSR count). The lowest BCUT2D eigenvalue weighted by Crippen LogP contribution is -2.33. The molecular formula is C12H15ClFNO2S. The van der Waals surface area contributed by atoms with Crippen LogP contribution in [0.3, 0.4) is 0 Å². The molecule has 0 spiro atoms. The zero-order valence-electron chi connectivity index (χ0n) is 10.1. The topological polar surface area (TPSA) is 37.4 Å². The largest absolute Gasteiger partial charge is 0.370 e. The molecule has 0 aromatic heterocycles. The SMILES string of the molecule is CN(c1cccc(F)c1CCl)C1CCS(=O)(=O)C1. The van der Waals surface area contributed by atoms with Gasteiger partial charge in [0, 0.05) is 24.3 Å². The van der Waals surface area contributed by atoms with Crippen LogP contribution in [0.4, 0.5) is 10.1 Å². The number of hydrogen-bond donors (Lipinski definition) is 0. The van der Waals surface area contributed by atoms with Crippen LogP contribution < -0.4 is 4.90 Å². The van der Waals surface area contributed by atoms with Gasteiger partial charge in [0.2, 0.25) is 0 Å². The average Bonchev–Trinajstić information content (AvgIpc) is 2.68. The Morgan fingerprint density at radius 1 is 1.50 bits per heavy atom. The Morgan fingerprint density at radius 2 is 2.22 bits per heavy atom. The summed E-state index contributed by atoms with van der Waals surface area (Å²) >= 11 is 5.76. The molecule has 0 saturated carbocycles. The van der Waals surface area contributed by atoms with Gasteiger partial charge in [-0.15, -0.1) is 11.6 Å². The summed E-state index contributed by atoms with van der Waals surface area (Å²) in [7, 11) is -1.16. The van der Waals surface area contributed by atoms with Gasteiger partial charge in [-0.2, -0.15) is 0 Å². The van der Waals surface area contributed by atoms with Gasteiger partial charge in [-0.1, -0.05) is 6.07 Å².